The number of carbonyl (C=O) groups excluding carboxylic acids is 1. The zero-order chi connectivity index (χ0) is 26.7. The Labute approximate surface area is 234 Å². The lowest BCUT2D eigenvalue weighted by atomic mass is 9.72. The summed E-state index contributed by atoms with van der Waals surface area (Å²) in [4.78, 5) is 24.0. The van der Waals surface area contributed by atoms with Crippen LogP contribution in [0.25, 0.3) is 0 Å². The van der Waals surface area contributed by atoms with Crippen LogP contribution in [0.5, 0.6) is 11.5 Å². The molecule has 0 aliphatic carbocycles. The third-order valence-electron chi connectivity index (χ3n) is 7.94. The number of rotatable bonds is 6. The van der Waals surface area contributed by atoms with Crippen LogP contribution >= 0.6 is 11.6 Å². The fraction of sp³-hybridized carbons (Fsp3) is 0.400. The number of hydrogen-bond acceptors (Lipinski definition) is 6. The lowest BCUT2D eigenvalue weighted by molar-refractivity contribution is -0.0200. The van der Waals surface area contributed by atoms with Crippen molar-refractivity contribution >= 4 is 29.1 Å². The van der Waals surface area contributed by atoms with Crippen LogP contribution in [0.2, 0.25) is 5.02 Å². The van der Waals surface area contributed by atoms with E-state index in [4.69, 9.17) is 21.1 Å². The van der Waals surface area contributed by atoms with Gasteiger partial charge >= 0.3 is 6.03 Å². The third-order valence-corrected chi connectivity index (χ3v) is 8.20. The number of ether oxygens (including phenoxy) is 2. The molecule has 3 saturated heterocycles. The summed E-state index contributed by atoms with van der Waals surface area (Å²) < 4.78 is 11.4. The van der Waals surface area contributed by atoms with E-state index >= 15 is 0 Å². The van der Waals surface area contributed by atoms with Crippen LogP contribution in [0.1, 0.15) is 18.4 Å². The summed E-state index contributed by atoms with van der Waals surface area (Å²) in [5.74, 6) is 2.53. The number of aromatic nitrogens is 1. The van der Waals surface area contributed by atoms with E-state index in [0.717, 1.165) is 94.9 Å². The quantitative estimate of drug-likeness (QED) is 0.440. The van der Waals surface area contributed by atoms with Crippen LogP contribution < -0.4 is 15.0 Å². The highest BCUT2D eigenvalue weighted by Gasteiger charge is 2.46. The van der Waals surface area contributed by atoms with Gasteiger partial charge in [0.25, 0.3) is 0 Å². The molecule has 3 aliphatic heterocycles. The van der Waals surface area contributed by atoms with E-state index < -0.39 is 0 Å². The van der Waals surface area contributed by atoms with Crippen molar-refractivity contribution in [2.24, 2.45) is 5.41 Å². The molecule has 3 aliphatic rings. The van der Waals surface area contributed by atoms with Crippen molar-refractivity contribution < 1.29 is 14.3 Å². The maximum Gasteiger partial charge on any atom is 0.321 e. The second-order valence-electron chi connectivity index (χ2n) is 10.8. The van der Waals surface area contributed by atoms with Crippen molar-refractivity contribution in [3.05, 3.63) is 77.4 Å². The molecule has 2 aromatic carbocycles. The number of morpholine rings is 1. The smallest absolute Gasteiger partial charge is 0.321 e. The molecule has 0 bridgehead atoms. The van der Waals surface area contributed by atoms with Gasteiger partial charge in [-0.05, 0) is 80.0 Å². The number of hydrogen-bond donors (Lipinski definition) is 1. The third kappa shape index (κ3) is 6.30. The zero-order valence-corrected chi connectivity index (χ0v) is 22.8. The number of anilines is 2. The minimum absolute atomic E-state index is 0.0403. The standard InChI is InChI=1S/C30H34ClN5O3/c31-24-4-7-26(8-5-24)39-27-3-1-2-23(18-27)20-34-12-10-30(11-13-34)21-36(22-30)29(37)33-25-6-9-28(32-19-25)35-14-16-38-17-15-35/h1-9,18-19H,10-17,20-22H2,(H,33,37). The molecule has 3 fully saturated rings. The van der Waals surface area contributed by atoms with Crippen LogP contribution in [0.15, 0.2) is 66.9 Å². The normalized spacial score (nSPS) is 19.0. The Kier molecular flexibility index (Phi) is 7.59. The molecule has 0 radical (unpaired) electrons. The number of carbonyl (C=O) groups is 1. The fourth-order valence-corrected chi connectivity index (χ4v) is 5.78. The number of halogens is 1. The Balaban J connectivity index is 0.950. The number of nitrogens with zero attached hydrogens (tertiary/aromatic N) is 4. The molecule has 1 spiro atoms. The second kappa shape index (κ2) is 11.4. The van der Waals surface area contributed by atoms with Gasteiger partial charge in [0, 0.05) is 43.2 Å². The van der Waals surface area contributed by atoms with E-state index in [-0.39, 0.29) is 11.4 Å². The number of urea groups is 1. The number of amides is 2. The van der Waals surface area contributed by atoms with Crippen molar-refractivity contribution in [1.82, 2.24) is 14.8 Å². The molecule has 1 aromatic heterocycles. The number of pyridine rings is 1. The first-order valence-electron chi connectivity index (χ1n) is 13.6. The molecule has 0 unspecified atom stereocenters. The molecule has 1 N–H and O–H groups in total. The second-order valence-corrected chi connectivity index (χ2v) is 11.2. The molecule has 4 heterocycles. The summed E-state index contributed by atoms with van der Waals surface area (Å²) in [6.45, 7) is 7.73. The summed E-state index contributed by atoms with van der Waals surface area (Å²) in [6, 6.07) is 19.5. The molecule has 8 nitrogen and oxygen atoms in total. The molecule has 0 saturated carbocycles. The minimum atomic E-state index is -0.0403. The van der Waals surface area contributed by atoms with Crippen LogP contribution in [0, 0.1) is 5.41 Å². The number of likely N-dealkylation sites (tertiary alicyclic amines) is 2. The monoisotopic (exact) mass is 547 g/mol. The van der Waals surface area contributed by atoms with Crippen molar-refractivity contribution in [2.75, 3.05) is 62.7 Å². The topological polar surface area (TPSA) is 70.2 Å². The van der Waals surface area contributed by atoms with Gasteiger partial charge in [0.2, 0.25) is 0 Å². The fourth-order valence-electron chi connectivity index (χ4n) is 5.66. The predicted octanol–water partition coefficient (Wildman–Crippen LogP) is 5.49. The molecular weight excluding hydrogens is 514 g/mol. The van der Waals surface area contributed by atoms with Gasteiger partial charge in [-0.2, -0.15) is 0 Å². The van der Waals surface area contributed by atoms with E-state index in [2.05, 4.69) is 32.2 Å². The highest BCUT2D eigenvalue weighted by Crippen LogP contribution is 2.41. The first kappa shape index (κ1) is 25.9. The summed E-state index contributed by atoms with van der Waals surface area (Å²) in [6.07, 6.45) is 3.95. The lowest BCUT2D eigenvalue weighted by Crippen LogP contribution is -2.62. The van der Waals surface area contributed by atoms with Gasteiger partial charge < -0.3 is 24.6 Å². The van der Waals surface area contributed by atoms with Gasteiger partial charge in [0.1, 0.15) is 17.3 Å². The first-order chi connectivity index (χ1) is 19.0. The first-order valence-corrected chi connectivity index (χ1v) is 14.0. The Morgan fingerprint density at radius 3 is 2.46 bits per heavy atom. The maximum absolute atomic E-state index is 12.8. The maximum atomic E-state index is 12.8. The molecule has 2 amide bonds. The Morgan fingerprint density at radius 2 is 1.74 bits per heavy atom. The van der Waals surface area contributed by atoms with E-state index in [9.17, 15) is 4.79 Å². The van der Waals surface area contributed by atoms with E-state index in [1.807, 2.05) is 53.4 Å². The van der Waals surface area contributed by atoms with E-state index in [1.165, 1.54) is 5.56 Å². The molecule has 9 heteroatoms. The highest BCUT2D eigenvalue weighted by atomic mass is 35.5. The molecule has 3 aromatic rings. The largest absolute Gasteiger partial charge is 0.457 e. The highest BCUT2D eigenvalue weighted by molar-refractivity contribution is 6.30. The summed E-state index contributed by atoms with van der Waals surface area (Å²) in [5, 5.41) is 3.71. The van der Waals surface area contributed by atoms with Crippen molar-refractivity contribution in [3.63, 3.8) is 0 Å². The van der Waals surface area contributed by atoms with Gasteiger partial charge in [-0.25, -0.2) is 9.78 Å². The summed E-state index contributed by atoms with van der Waals surface area (Å²) in [5.41, 5.74) is 2.21. The van der Waals surface area contributed by atoms with Crippen LogP contribution in [0.4, 0.5) is 16.3 Å². The van der Waals surface area contributed by atoms with Gasteiger partial charge in [0.15, 0.2) is 0 Å². The zero-order valence-electron chi connectivity index (χ0n) is 22.0. The van der Waals surface area contributed by atoms with Gasteiger partial charge in [-0.3, -0.25) is 4.90 Å². The summed E-state index contributed by atoms with van der Waals surface area (Å²) in [7, 11) is 0. The van der Waals surface area contributed by atoms with Crippen molar-refractivity contribution in [3.8, 4) is 11.5 Å². The van der Waals surface area contributed by atoms with Crippen LogP contribution in [0.3, 0.4) is 0 Å². The number of piperidine rings is 1. The number of benzene rings is 2. The van der Waals surface area contributed by atoms with Crippen LogP contribution in [-0.2, 0) is 11.3 Å². The predicted molar refractivity (Wildman–Crippen MR) is 153 cm³/mol. The Morgan fingerprint density at radius 1 is 0.974 bits per heavy atom. The molecular formula is C30H34ClN5O3. The van der Waals surface area contributed by atoms with Crippen molar-refractivity contribution in [2.45, 2.75) is 19.4 Å². The lowest BCUT2D eigenvalue weighted by Gasteiger charge is -2.53. The van der Waals surface area contributed by atoms with Gasteiger partial charge in [-0.15, -0.1) is 0 Å². The van der Waals surface area contributed by atoms with E-state index in [1.54, 1.807) is 6.20 Å². The Hall–Kier alpha value is -3.33. The number of nitrogens with one attached hydrogen (secondary N) is 1. The average Bonchev–Trinajstić information content (AvgIpc) is 2.95. The molecule has 39 heavy (non-hydrogen) atoms. The molecule has 0 atom stereocenters. The molecule has 6 rings (SSSR count). The average molecular weight is 548 g/mol. The minimum Gasteiger partial charge on any atom is -0.457 e. The molecule has 204 valence electrons. The van der Waals surface area contributed by atoms with E-state index in [0.29, 0.717) is 5.02 Å². The van der Waals surface area contributed by atoms with Crippen molar-refractivity contribution in [1.29, 1.82) is 0 Å². The van der Waals surface area contributed by atoms with Crippen LogP contribution in [-0.4, -0.2) is 73.3 Å². The van der Waals surface area contributed by atoms with Gasteiger partial charge in [0.05, 0.1) is 25.1 Å². The summed E-state index contributed by atoms with van der Waals surface area (Å²) >= 11 is 5.98. The Bertz CT molecular complexity index is 1260. The van der Waals surface area contributed by atoms with Gasteiger partial charge in [-0.1, -0.05) is 23.7 Å². The SMILES string of the molecule is O=C(Nc1ccc(N2CCOCC2)nc1)N1CC2(CCN(Cc3cccc(Oc4ccc(Cl)cc4)c3)CC2)C1.